The molecule has 0 aromatic heterocycles. The molecule has 0 radical (unpaired) electrons. The Labute approximate surface area is 146 Å². The molecule has 2 rings (SSSR count). The van der Waals surface area contributed by atoms with Crippen LogP contribution in [-0.4, -0.2) is 24.2 Å². The van der Waals surface area contributed by atoms with E-state index in [1.54, 1.807) is 24.3 Å². The van der Waals surface area contributed by atoms with Gasteiger partial charge >= 0.3 is 5.97 Å². The minimum absolute atomic E-state index is 0.126. The van der Waals surface area contributed by atoms with Crippen LogP contribution in [-0.2, 0) is 9.53 Å². The summed E-state index contributed by atoms with van der Waals surface area (Å²) in [5.74, 6) is -0.593. The fourth-order valence-electron chi connectivity index (χ4n) is 2.20. The average Bonchev–Trinajstić information content (AvgIpc) is 2.61. The van der Waals surface area contributed by atoms with Crippen LogP contribution < -0.4 is 5.32 Å². The lowest BCUT2D eigenvalue weighted by Crippen LogP contribution is -2.25. The molecular weight excluding hydrogens is 322 g/mol. The molecule has 4 nitrogen and oxygen atoms in total. The van der Waals surface area contributed by atoms with Crippen molar-refractivity contribution in [3.8, 4) is 0 Å². The number of ether oxygens (including phenoxy) is 1. The van der Waals surface area contributed by atoms with E-state index in [1.165, 1.54) is 24.4 Å². The third-order valence-electron chi connectivity index (χ3n) is 3.55. The normalized spacial score (nSPS) is 11.6. The zero-order valence-corrected chi connectivity index (χ0v) is 14.9. The van der Waals surface area contributed by atoms with E-state index in [2.05, 4.69) is 5.32 Å². The molecular formula is C19H21NO3S. The van der Waals surface area contributed by atoms with Gasteiger partial charge in [0.25, 0.3) is 0 Å². The van der Waals surface area contributed by atoms with Crippen LogP contribution in [0, 0.1) is 6.92 Å². The van der Waals surface area contributed by atoms with Crippen LogP contribution in [0.1, 0.15) is 29.3 Å². The molecule has 1 atom stereocenters. The van der Waals surface area contributed by atoms with Crippen molar-refractivity contribution < 1.29 is 14.3 Å². The smallest absolute Gasteiger partial charge is 0.339 e. The quantitative estimate of drug-likeness (QED) is 0.628. The van der Waals surface area contributed by atoms with E-state index in [1.807, 2.05) is 38.1 Å². The number of thioether (sulfide) groups is 1. The highest BCUT2D eigenvalue weighted by atomic mass is 32.2. The predicted octanol–water partition coefficient (Wildman–Crippen LogP) is 4.29. The van der Waals surface area contributed by atoms with E-state index >= 15 is 0 Å². The van der Waals surface area contributed by atoms with Gasteiger partial charge in [0.05, 0.1) is 23.6 Å². The van der Waals surface area contributed by atoms with E-state index in [0.717, 1.165) is 4.90 Å². The first-order valence-corrected chi connectivity index (χ1v) is 8.64. The van der Waals surface area contributed by atoms with Crippen molar-refractivity contribution in [3.05, 3.63) is 59.7 Å². The van der Waals surface area contributed by atoms with Crippen LogP contribution in [0.3, 0.4) is 0 Å². The van der Waals surface area contributed by atoms with Gasteiger partial charge in [0.15, 0.2) is 0 Å². The molecule has 0 bridgehead atoms. The molecule has 2 aromatic rings. The van der Waals surface area contributed by atoms with Gasteiger partial charge in [-0.3, -0.25) is 4.79 Å². The maximum Gasteiger partial charge on any atom is 0.339 e. The summed E-state index contributed by atoms with van der Waals surface area (Å²) in [6.07, 6.45) is 0.685. The first-order valence-electron chi connectivity index (χ1n) is 7.76. The lowest BCUT2D eigenvalue weighted by atomic mass is 10.1. The summed E-state index contributed by atoms with van der Waals surface area (Å²) in [4.78, 5) is 25.4. The van der Waals surface area contributed by atoms with Crippen molar-refractivity contribution in [1.29, 1.82) is 0 Å². The Kier molecular flexibility index (Phi) is 6.44. The number of aryl methyl sites for hydroxylation is 1. The fraction of sp³-hybridized carbons (Fsp3) is 0.263. The van der Waals surface area contributed by atoms with Gasteiger partial charge in [-0.1, -0.05) is 36.8 Å². The number of carbonyl (C=O) groups excluding carboxylic acids is 2. The minimum Gasteiger partial charge on any atom is -0.465 e. The molecule has 0 aliphatic rings. The number of hydrogen-bond donors (Lipinski definition) is 1. The molecule has 1 N–H and O–H groups in total. The average molecular weight is 343 g/mol. The molecule has 0 aliphatic carbocycles. The maximum atomic E-state index is 12.6. The Balaban J connectivity index is 2.12. The molecule has 1 amide bonds. The number of nitrogens with one attached hydrogen (secondary N) is 1. The van der Waals surface area contributed by atoms with Crippen LogP contribution >= 0.6 is 11.8 Å². The van der Waals surface area contributed by atoms with Gasteiger partial charge in [-0.15, -0.1) is 11.8 Å². The molecule has 0 fully saturated rings. The number of methoxy groups -OCH3 is 1. The fourth-order valence-corrected chi connectivity index (χ4v) is 3.15. The first kappa shape index (κ1) is 18.1. The lowest BCUT2D eigenvalue weighted by Gasteiger charge is -2.16. The van der Waals surface area contributed by atoms with Crippen molar-refractivity contribution in [1.82, 2.24) is 0 Å². The standard InChI is InChI=1S/C19H21NO3S/c1-4-17(24-14-11-9-13(2)10-12-14)18(21)20-16-8-6-5-7-15(16)19(22)23-3/h5-12,17H,4H2,1-3H3,(H,20,21). The Hall–Kier alpha value is -2.27. The van der Waals surface area contributed by atoms with Crippen LogP contribution in [0.15, 0.2) is 53.4 Å². The van der Waals surface area contributed by atoms with Crippen molar-refractivity contribution in [3.63, 3.8) is 0 Å². The number of hydrogen-bond acceptors (Lipinski definition) is 4. The Bertz CT molecular complexity index is 713. The van der Waals surface area contributed by atoms with Gasteiger partial charge in [-0.2, -0.15) is 0 Å². The molecule has 2 aromatic carbocycles. The van der Waals surface area contributed by atoms with Gasteiger partial charge in [0.1, 0.15) is 0 Å². The van der Waals surface area contributed by atoms with Gasteiger partial charge in [-0.05, 0) is 37.6 Å². The number of carbonyl (C=O) groups is 2. The summed E-state index contributed by atoms with van der Waals surface area (Å²) < 4.78 is 4.76. The molecule has 0 heterocycles. The van der Waals surface area contributed by atoms with Crippen molar-refractivity contribution in [2.75, 3.05) is 12.4 Å². The lowest BCUT2D eigenvalue weighted by molar-refractivity contribution is -0.115. The van der Waals surface area contributed by atoms with E-state index < -0.39 is 5.97 Å². The molecule has 126 valence electrons. The number of para-hydroxylation sites is 1. The molecule has 0 saturated heterocycles. The molecule has 0 aliphatic heterocycles. The van der Waals surface area contributed by atoms with E-state index in [4.69, 9.17) is 4.74 Å². The molecule has 24 heavy (non-hydrogen) atoms. The Morgan fingerprint density at radius 2 is 1.79 bits per heavy atom. The molecule has 0 saturated carbocycles. The second-order valence-corrected chi connectivity index (χ2v) is 6.63. The maximum absolute atomic E-state index is 12.6. The second-order valence-electron chi connectivity index (χ2n) is 5.35. The number of esters is 1. The zero-order valence-electron chi connectivity index (χ0n) is 14.0. The summed E-state index contributed by atoms with van der Waals surface area (Å²) >= 11 is 1.52. The number of benzene rings is 2. The summed E-state index contributed by atoms with van der Waals surface area (Å²) in [6.45, 7) is 4.00. The van der Waals surface area contributed by atoms with Crippen LogP contribution in [0.2, 0.25) is 0 Å². The van der Waals surface area contributed by atoms with Gasteiger partial charge in [-0.25, -0.2) is 4.79 Å². The Morgan fingerprint density at radius 1 is 1.12 bits per heavy atom. The predicted molar refractivity (Wildman–Crippen MR) is 97.5 cm³/mol. The van der Waals surface area contributed by atoms with Gasteiger partial charge < -0.3 is 10.1 Å². The number of amides is 1. The third-order valence-corrected chi connectivity index (χ3v) is 4.93. The largest absolute Gasteiger partial charge is 0.465 e. The molecule has 5 heteroatoms. The van der Waals surface area contributed by atoms with Gasteiger partial charge in [0, 0.05) is 4.90 Å². The van der Waals surface area contributed by atoms with Crippen molar-refractivity contribution in [2.24, 2.45) is 0 Å². The monoisotopic (exact) mass is 343 g/mol. The van der Waals surface area contributed by atoms with Crippen LogP contribution in [0.25, 0.3) is 0 Å². The summed E-state index contributed by atoms with van der Waals surface area (Å²) in [6, 6.07) is 14.9. The second kappa shape index (κ2) is 8.55. The SMILES string of the molecule is CCC(Sc1ccc(C)cc1)C(=O)Nc1ccccc1C(=O)OC. The van der Waals surface area contributed by atoms with Gasteiger partial charge in [0.2, 0.25) is 5.91 Å². The van der Waals surface area contributed by atoms with Crippen molar-refractivity contribution in [2.45, 2.75) is 30.4 Å². The highest BCUT2D eigenvalue weighted by molar-refractivity contribution is 8.00. The van der Waals surface area contributed by atoms with E-state index in [-0.39, 0.29) is 11.2 Å². The number of rotatable bonds is 6. The highest BCUT2D eigenvalue weighted by Gasteiger charge is 2.20. The van der Waals surface area contributed by atoms with E-state index in [9.17, 15) is 9.59 Å². The summed E-state index contributed by atoms with van der Waals surface area (Å²) in [7, 11) is 1.32. The molecule has 0 spiro atoms. The Morgan fingerprint density at radius 3 is 2.42 bits per heavy atom. The summed E-state index contributed by atoms with van der Waals surface area (Å²) in [5, 5.41) is 2.61. The third kappa shape index (κ3) is 4.61. The van der Waals surface area contributed by atoms with Crippen LogP contribution in [0.4, 0.5) is 5.69 Å². The zero-order chi connectivity index (χ0) is 17.5. The first-order chi connectivity index (χ1) is 11.5. The summed E-state index contributed by atoms with van der Waals surface area (Å²) in [5.41, 5.74) is 2.00. The number of anilines is 1. The van der Waals surface area contributed by atoms with E-state index in [0.29, 0.717) is 17.7 Å². The molecule has 1 unspecified atom stereocenters. The topological polar surface area (TPSA) is 55.4 Å². The van der Waals surface area contributed by atoms with Crippen molar-refractivity contribution >= 4 is 29.3 Å². The minimum atomic E-state index is -0.467. The highest BCUT2D eigenvalue weighted by Crippen LogP contribution is 2.27. The van der Waals surface area contributed by atoms with Crippen LogP contribution in [0.5, 0.6) is 0 Å².